The van der Waals surface area contributed by atoms with Gasteiger partial charge in [-0.15, -0.1) is 0 Å². The van der Waals surface area contributed by atoms with Crippen molar-refractivity contribution in [1.29, 1.82) is 0 Å². The quantitative estimate of drug-likeness (QED) is 0.718. The summed E-state index contributed by atoms with van der Waals surface area (Å²) in [5, 5.41) is 0. The van der Waals surface area contributed by atoms with Crippen molar-refractivity contribution in [1.82, 2.24) is 9.80 Å². The van der Waals surface area contributed by atoms with Crippen LogP contribution in [0.1, 0.15) is 34.1 Å². The van der Waals surface area contributed by atoms with E-state index in [0.717, 1.165) is 52.4 Å². The third kappa shape index (κ3) is 6.78. The van der Waals surface area contributed by atoms with Crippen molar-refractivity contribution < 1.29 is 14.3 Å². The van der Waals surface area contributed by atoms with Crippen LogP contribution in [0.15, 0.2) is 0 Å². The SMILES string of the molecule is CCOCCCN1CCN(C(=O)OC(C)(C)C)CC1. The Morgan fingerprint density at radius 2 is 1.79 bits per heavy atom. The van der Waals surface area contributed by atoms with E-state index in [1.807, 2.05) is 27.7 Å². The molecule has 1 amide bonds. The highest BCUT2D eigenvalue weighted by molar-refractivity contribution is 5.68. The van der Waals surface area contributed by atoms with Crippen molar-refractivity contribution in [3.8, 4) is 0 Å². The van der Waals surface area contributed by atoms with E-state index in [4.69, 9.17) is 9.47 Å². The molecule has 0 saturated carbocycles. The lowest BCUT2D eigenvalue weighted by molar-refractivity contribution is 0.0137. The molecular weight excluding hydrogens is 244 g/mol. The molecule has 0 radical (unpaired) electrons. The highest BCUT2D eigenvalue weighted by atomic mass is 16.6. The van der Waals surface area contributed by atoms with Gasteiger partial charge >= 0.3 is 6.09 Å². The predicted molar refractivity (Wildman–Crippen MR) is 75.4 cm³/mol. The fourth-order valence-corrected chi connectivity index (χ4v) is 2.02. The summed E-state index contributed by atoms with van der Waals surface area (Å²) in [6.45, 7) is 13.7. The molecular formula is C14H28N2O3. The lowest BCUT2D eigenvalue weighted by atomic mass is 10.2. The number of amides is 1. The number of carbonyl (C=O) groups is 1. The minimum absolute atomic E-state index is 0.193. The maximum atomic E-state index is 11.9. The molecule has 0 aromatic rings. The first-order chi connectivity index (χ1) is 8.92. The lowest BCUT2D eigenvalue weighted by Crippen LogP contribution is -2.50. The second kappa shape index (κ2) is 7.70. The summed E-state index contributed by atoms with van der Waals surface area (Å²) in [7, 11) is 0. The monoisotopic (exact) mass is 272 g/mol. The first-order valence-corrected chi connectivity index (χ1v) is 7.20. The van der Waals surface area contributed by atoms with Crippen molar-refractivity contribution >= 4 is 6.09 Å². The van der Waals surface area contributed by atoms with Crippen LogP contribution in [0.2, 0.25) is 0 Å². The molecule has 1 saturated heterocycles. The van der Waals surface area contributed by atoms with Gasteiger partial charge in [-0.05, 0) is 34.1 Å². The Bertz CT molecular complexity index is 268. The summed E-state index contributed by atoms with van der Waals surface area (Å²) < 4.78 is 10.7. The molecule has 1 rings (SSSR count). The highest BCUT2D eigenvalue weighted by Crippen LogP contribution is 2.11. The number of nitrogens with zero attached hydrogens (tertiary/aromatic N) is 2. The second-order valence-corrected chi connectivity index (χ2v) is 5.86. The zero-order chi connectivity index (χ0) is 14.3. The standard InChI is InChI=1S/C14H28N2O3/c1-5-18-12-6-7-15-8-10-16(11-9-15)13(17)19-14(2,3)4/h5-12H2,1-4H3. The fourth-order valence-electron chi connectivity index (χ4n) is 2.02. The molecule has 5 heteroatoms. The average molecular weight is 272 g/mol. The third-order valence-corrected chi connectivity index (χ3v) is 2.99. The Labute approximate surface area is 116 Å². The van der Waals surface area contributed by atoms with Crippen molar-refractivity contribution in [3.05, 3.63) is 0 Å². The molecule has 0 aliphatic carbocycles. The van der Waals surface area contributed by atoms with E-state index in [1.54, 1.807) is 4.90 Å². The van der Waals surface area contributed by atoms with E-state index >= 15 is 0 Å². The van der Waals surface area contributed by atoms with Crippen molar-refractivity contribution in [2.45, 2.75) is 39.7 Å². The summed E-state index contributed by atoms with van der Waals surface area (Å²) in [6.07, 6.45) is 0.863. The van der Waals surface area contributed by atoms with Gasteiger partial charge in [-0.3, -0.25) is 4.90 Å². The second-order valence-electron chi connectivity index (χ2n) is 5.86. The number of rotatable bonds is 5. The smallest absolute Gasteiger partial charge is 0.410 e. The summed E-state index contributed by atoms with van der Waals surface area (Å²) in [5.41, 5.74) is -0.411. The number of piperazine rings is 1. The molecule has 0 atom stereocenters. The molecule has 0 N–H and O–H groups in total. The zero-order valence-electron chi connectivity index (χ0n) is 12.8. The molecule has 1 aliphatic rings. The molecule has 0 bridgehead atoms. The van der Waals surface area contributed by atoms with Crippen LogP contribution in [0, 0.1) is 0 Å². The van der Waals surface area contributed by atoms with E-state index in [9.17, 15) is 4.79 Å². The predicted octanol–water partition coefficient (Wildman–Crippen LogP) is 1.97. The van der Waals surface area contributed by atoms with Gasteiger partial charge in [0, 0.05) is 45.9 Å². The Morgan fingerprint density at radius 3 is 2.32 bits per heavy atom. The molecule has 0 spiro atoms. The van der Waals surface area contributed by atoms with E-state index in [1.165, 1.54) is 0 Å². The molecule has 112 valence electrons. The molecule has 5 nitrogen and oxygen atoms in total. The maximum Gasteiger partial charge on any atom is 0.410 e. The number of hydrogen-bond acceptors (Lipinski definition) is 4. The van der Waals surface area contributed by atoms with Gasteiger partial charge < -0.3 is 14.4 Å². The van der Waals surface area contributed by atoms with Crippen LogP contribution in [-0.2, 0) is 9.47 Å². The molecule has 1 fully saturated rings. The Balaban J connectivity index is 2.19. The molecule has 0 aromatic heterocycles. The van der Waals surface area contributed by atoms with Crippen LogP contribution in [0.25, 0.3) is 0 Å². The van der Waals surface area contributed by atoms with E-state index in [-0.39, 0.29) is 6.09 Å². The van der Waals surface area contributed by atoms with Gasteiger partial charge in [-0.25, -0.2) is 4.79 Å². The normalized spacial score (nSPS) is 17.6. The number of carbonyl (C=O) groups excluding carboxylic acids is 1. The van der Waals surface area contributed by atoms with Gasteiger partial charge in [0.1, 0.15) is 5.60 Å². The van der Waals surface area contributed by atoms with Crippen molar-refractivity contribution in [2.24, 2.45) is 0 Å². The molecule has 0 unspecified atom stereocenters. The first kappa shape index (κ1) is 16.2. The van der Waals surface area contributed by atoms with E-state index in [2.05, 4.69) is 4.90 Å². The first-order valence-electron chi connectivity index (χ1n) is 7.20. The van der Waals surface area contributed by atoms with Crippen molar-refractivity contribution in [3.63, 3.8) is 0 Å². The summed E-state index contributed by atoms with van der Waals surface area (Å²) in [5.74, 6) is 0. The average Bonchev–Trinajstić information content (AvgIpc) is 2.33. The molecule has 1 heterocycles. The summed E-state index contributed by atoms with van der Waals surface area (Å²) >= 11 is 0. The van der Waals surface area contributed by atoms with Gasteiger partial charge in [0.2, 0.25) is 0 Å². The minimum atomic E-state index is -0.411. The van der Waals surface area contributed by atoms with Crippen LogP contribution in [0.3, 0.4) is 0 Å². The summed E-state index contributed by atoms with van der Waals surface area (Å²) in [6, 6.07) is 0. The van der Waals surface area contributed by atoms with Gasteiger partial charge in [0.15, 0.2) is 0 Å². The molecule has 19 heavy (non-hydrogen) atoms. The Kier molecular flexibility index (Phi) is 6.58. The maximum absolute atomic E-state index is 11.9. The van der Waals surface area contributed by atoms with Gasteiger partial charge in [-0.1, -0.05) is 0 Å². The van der Waals surface area contributed by atoms with Gasteiger partial charge in [0.25, 0.3) is 0 Å². The van der Waals surface area contributed by atoms with E-state index in [0.29, 0.717) is 0 Å². The Morgan fingerprint density at radius 1 is 1.16 bits per heavy atom. The zero-order valence-corrected chi connectivity index (χ0v) is 12.8. The van der Waals surface area contributed by atoms with Crippen LogP contribution in [0.5, 0.6) is 0 Å². The minimum Gasteiger partial charge on any atom is -0.444 e. The van der Waals surface area contributed by atoms with Crippen LogP contribution in [0.4, 0.5) is 4.79 Å². The number of ether oxygens (including phenoxy) is 2. The van der Waals surface area contributed by atoms with Crippen LogP contribution >= 0.6 is 0 Å². The number of hydrogen-bond donors (Lipinski definition) is 0. The largest absolute Gasteiger partial charge is 0.444 e. The van der Waals surface area contributed by atoms with Gasteiger partial charge in [0.05, 0.1) is 0 Å². The summed E-state index contributed by atoms with van der Waals surface area (Å²) in [4.78, 5) is 16.1. The van der Waals surface area contributed by atoms with Crippen LogP contribution in [-0.4, -0.2) is 67.4 Å². The van der Waals surface area contributed by atoms with E-state index < -0.39 is 5.60 Å². The topological polar surface area (TPSA) is 42.0 Å². The lowest BCUT2D eigenvalue weighted by Gasteiger charge is -2.35. The molecule has 0 aromatic carbocycles. The Hall–Kier alpha value is -0.810. The van der Waals surface area contributed by atoms with Gasteiger partial charge in [-0.2, -0.15) is 0 Å². The van der Waals surface area contributed by atoms with Crippen molar-refractivity contribution in [2.75, 3.05) is 45.9 Å². The van der Waals surface area contributed by atoms with Crippen LogP contribution < -0.4 is 0 Å². The molecule has 1 aliphatic heterocycles. The third-order valence-electron chi connectivity index (χ3n) is 2.99. The fraction of sp³-hybridized carbons (Fsp3) is 0.929. The highest BCUT2D eigenvalue weighted by Gasteiger charge is 2.25.